The predicted molar refractivity (Wildman–Crippen MR) is 255 cm³/mol. The summed E-state index contributed by atoms with van der Waals surface area (Å²) in [5.41, 5.74) is 10.5. The highest BCUT2D eigenvalue weighted by molar-refractivity contribution is 7.79. The van der Waals surface area contributed by atoms with E-state index in [4.69, 9.17) is 0 Å². The van der Waals surface area contributed by atoms with Crippen LogP contribution in [-0.2, 0) is 0 Å². The molecule has 0 bridgehead atoms. The fraction of sp³-hybridized carbons (Fsp3) is 1.00. The second-order valence-corrected chi connectivity index (χ2v) is 33.5. The number of hydrogen-bond acceptors (Lipinski definition) is 0. The summed E-state index contributed by atoms with van der Waals surface area (Å²) in [6.07, 6.45) is 66.8. The van der Waals surface area contributed by atoms with Crippen LogP contribution in [0.3, 0.4) is 0 Å². The van der Waals surface area contributed by atoms with Crippen molar-refractivity contribution in [1.82, 2.24) is 0 Å². The van der Waals surface area contributed by atoms with Crippen molar-refractivity contribution < 1.29 is 0 Å². The van der Waals surface area contributed by atoms with Gasteiger partial charge in [0.25, 0.3) is 0 Å². The van der Waals surface area contributed by atoms with E-state index < -0.39 is 0 Å². The van der Waals surface area contributed by atoms with Gasteiger partial charge in [-0.1, -0.05) is 186 Å². The van der Waals surface area contributed by atoms with Gasteiger partial charge in [-0.05, 0) is 160 Å². The molecular formula is C51H92P4. The van der Waals surface area contributed by atoms with E-state index in [2.05, 4.69) is 0 Å². The quantitative estimate of drug-likeness (QED) is 0.153. The summed E-state index contributed by atoms with van der Waals surface area (Å²) in [5, 5.41) is 1.24. The van der Waals surface area contributed by atoms with Crippen molar-refractivity contribution >= 4 is 31.7 Å². The molecule has 55 heavy (non-hydrogen) atoms. The molecule has 0 amide bonds. The van der Waals surface area contributed by atoms with Crippen molar-refractivity contribution in [1.29, 1.82) is 0 Å². The molecule has 1 atom stereocenters. The SMILES string of the molecule is C1CCC(P(CC(C(P(C2CCCCC2)C2CCCCC2)P(C2CCCCC2)C2CCCCC2)P(C2CCCCC2)C2CCCCC2)C2CCCCC2)CC1. The molecule has 0 heterocycles. The second kappa shape index (κ2) is 23.2. The van der Waals surface area contributed by atoms with Crippen LogP contribution in [0, 0.1) is 0 Å². The zero-order valence-corrected chi connectivity index (χ0v) is 40.1. The lowest BCUT2D eigenvalue weighted by atomic mass is 9.99. The highest BCUT2D eigenvalue weighted by Gasteiger charge is 2.53. The van der Waals surface area contributed by atoms with Gasteiger partial charge in [-0.3, -0.25) is 0 Å². The zero-order chi connectivity index (χ0) is 37.1. The summed E-state index contributed by atoms with van der Waals surface area (Å²) in [7, 11) is 0.553. The van der Waals surface area contributed by atoms with Gasteiger partial charge in [-0.15, -0.1) is 0 Å². The first-order valence-corrected chi connectivity index (χ1v) is 32.7. The average molecular weight is 829 g/mol. The average Bonchev–Trinajstić information content (AvgIpc) is 3.28. The van der Waals surface area contributed by atoms with Crippen LogP contribution >= 0.6 is 31.7 Å². The topological polar surface area (TPSA) is 0 Å². The van der Waals surface area contributed by atoms with Crippen LogP contribution in [0.2, 0.25) is 0 Å². The van der Waals surface area contributed by atoms with E-state index in [9.17, 15) is 0 Å². The Labute approximate surface area is 349 Å². The molecule has 4 heteroatoms. The minimum absolute atomic E-state index is 0.125. The third kappa shape index (κ3) is 11.6. The van der Waals surface area contributed by atoms with Gasteiger partial charge in [-0.2, -0.15) is 0 Å². The van der Waals surface area contributed by atoms with E-state index in [1.165, 1.54) is 33.7 Å². The fourth-order valence-corrected chi connectivity index (χ4v) is 37.7. The van der Waals surface area contributed by atoms with E-state index >= 15 is 0 Å². The summed E-state index contributed by atoms with van der Waals surface area (Å²) in [6, 6.07) is 0. The van der Waals surface area contributed by atoms with Crippen LogP contribution in [0.4, 0.5) is 0 Å². The molecule has 0 aromatic carbocycles. The molecule has 1 unspecified atom stereocenters. The Morgan fingerprint density at radius 1 is 0.236 bits per heavy atom. The minimum Gasteiger partial charge on any atom is -0.0997 e. The predicted octanol–water partition coefficient (Wildman–Crippen LogP) is 18.3. The van der Waals surface area contributed by atoms with Gasteiger partial charge >= 0.3 is 0 Å². The van der Waals surface area contributed by atoms with E-state index in [1.54, 1.807) is 257 Å². The number of rotatable bonds is 14. The normalized spacial score (nSPS) is 29.0. The Bertz CT molecular complexity index is 919. The van der Waals surface area contributed by atoms with Crippen LogP contribution in [0.1, 0.15) is 257 Å². The molecular weight excluding hydrogens is 736 g/mol. The highest BCUT2D eigenvalue weighted by atomic mass is 31.2. The molecule has 316 valence electrons. The Morgan fingerprint density at radius 3 is 0.673 bits per heavy atom. The van der Waals surface area contributed by atoms with Gasteiger partial charge in [-0.25, -0.2) is 0 Å². The Balaban J connectivity index is 1.30. The Kier molecular flexibility index (Phi) is 18.3. The first kappa shape index (κ1) is 43.4. The van der Waals surface area contributed by atoms with Crippen molar-refractivity contribution in [3.8, 4) is 0 Å². The highest BCUT2D eigenvalue weighted by Crippen LogP contribution is 2.79. The second-order valence-electron chi connectivity index (χ2n) is 21.4. The smallest absolute Gasteiger partial charge is 0.00752 e. The molecule has 0 aromatic heterocycles. The van der Waals surface area contributed by atoms with Crippen LogP contribution in [0.15, 0.2) is 0 Å². The lowest BCUT2D eigenvalue weighted by molar-refractivity contribution is 0.471. The van der Waals surface area contributed by atoms with E-state index in [0.29, 0.717) is 0 Å². The maximum atomic E-state index is 1.85. The maximum Gasteiger partial charge on any atom is 0.00752 e. The Morgan fingerprint density at radius 2 is 0.436 bits per heavy atom. The van der Waals surface area contributed by atoms with Gasteiger partial charge < -0.3 is 0 Å². The molecule has 0 radical (unpaired) electrons. The zero-order valence-electron chi connectivity index (χ0n) is 36.6. The van der Waals surface area contributed by atoms with Crippen molar-refractivity contribution in [3.05, 3.63) is 0 Å². The third-order valence-corrected chi connectivity index (χ3v) is 35.2. The van der Waals surface area contributed by atoms with Gasteiger partial charge in [0.2, 0.25) is 0 Å². The van der Waals surface area contributed by atoms with E-state index in [0.717, 1.165) is 22.6 Å². The monoisotopic (exact) mass is 829 g/mol. The van der Waals surface area contributed by atoms with Crippen molar-refractivity contribution in [2.45, 2.75) is 313 Å². The summed E-state index contributed by atoms with van der Waals surface area (Å²) >= 11 is 0. The summed E-state index contributed by atoms with van der Waals surface area (Å²) in [6.45, 7) is 0. The van der Waals surface area contributed by atoms with Crippen molar-refractivity contribution in [3.63, 3.8) is 0 Å². The van der Waals surface area contributed by atoms with Crippen LogP contribution in [-0.4, -0.2) is 62.5 Å². The molecule has 8 fully saturated rings. The molecule has 0 N–H and O–H groups in total. The molecule has 0 spiro atoms. The molecule has 0 saturated heterocycles. The molecule has 0 aliphatic heterocycles. The van der Waals surface area contributed by atoms with Gasteiger partial charge in [0.1, 0.15) is 0 Å². The molecule has 8 aliphatic rings. The molecule has 8 aliphatic carbocycles. The molecule has 0 aromatic rings. The molecule has 0 nitrogen and oxygen atoms in total. The molecule has 8 saturated carbocycles. The first-order chi connectivity index (χ1) is 27.3. The third-order valence-electron chi connectivity index (χ3n) is 17.8. The lowest BCUT2D eigenvalue weighted by Gasteiger charge is -2.57. The van der Waals surface area contributed by atoms with E-state index in [1.807, 2.05) is 6.16 Å². The van der Waals surface area contributed by atoms with Gasteiger partial charge in [0, 0.05) is 5.40 Å². The van der Waals surface area contributed by atoms with Crippen LogP contribution in [0.5, 0.6) is 0 Å². The largest absolute Gasteiger partial charge is 0.0997 e. The fourth-order valence-electron chi connectivity index (χ4n) is 15.1. The summed E-state index contributed by atoms with van der Waals surface area (Å²) < 4.78 is 0. The van der Waals surface area contributed by atoms with E-state index in [-0.39, 0.29) is 31.7 Å². The maximum absolute atomic E-state index is 1.85. The minimum atomic E-state index is 0.125. The summed E-state index contributed by atoms with van der Waals surface area (Å²) in [5.74, 6) is 0. The van der Waals surface area contributed by atoms with Gasteiger partial charge in [0.15, 0.2) is 0 Å². The molecule has 8 rings (SSSR count). The van der Waals surface area contributed by atoms with Crippen molar-refractivity contribution in [2.24, 2.45) is 0 Å². The number of hydrogen-bond donors (Lipinski definition) is 0. The van der Waals surface area contributed by atoms with Crippen LogP contribution < -0.4 is 0 Å². The Hall–Kier alpha value is 1.72. The summed E-state index contributed by atoms with van der Waals surface area (Å²) in [4.78, 5) is 0. The lowest BCUT2D eigenvalue weighted by Crippen LogP contribution is -2.42. The first-order valence-electron chi connectivity index (χ1n) is 26.4. The standard InChI is InChI=1S/C51H92P4/c1-9-25-42(26-10-1)52(43-27-11-2-12-28-43)41-50(53(44-29-13-3-14-30-44)45-31-15-4-16-32-45)51(54(46-33-17-5-18-34-46)47-35-19-6-20-36-47)55(48-37-21-7-22-38-48)49-39-23-8-24-40-49/h42-51H,1-41H2. The van der Waals surface area contributed by atoms with Crippen LogP contribution in [0.25, 0.3) is 0 Å². The van der Waals surface area contributed by atoms with Crippen molar-refractivity contribution in [2.75, 3.05) is 6.16 Å². The van der Waals surface area contributed by atoms with Gasteiger partial charge in [0.05, 0.1) is 0 Å².